The van der Waals surface area contributed by atoms with E-state index in [-0.39, 0.29) is 41.1 Å². The number of hydrogen-bond donors (Lipinski definition) is 1. The van der Waals surface area contributed by atoms with Gasteiger partial charge in [0, 0.05) is 36.5 Å². The fourth-order valence-electron chi connectivity index (χ4n) is 3.04. The normalized spacial score (nSPS) is 11.2. The molecule has 0 fully saturated rings. The maximum absolute atomic E-state index is 13.8. The van der Waals surface area contributed by atoms with Gasteiger partial charge in [-0.2, -0.15) is 0 Å². The van der Waals surface area contributed by atoms with Crippen LogP contribution in [0.5, 0.6) is 5.75 Å². The third-order valence-electron chi connectivity index (χ3n) is 4.81. The van der Waals surface area contributed by atoms with Crippen LogP contribution in [0.1, 0.15) is 22.6 Å². The topological polar surface area (TPSA) is 80.5 Å². The fourth-order valence-corrected chi connectivity index (χ4v) is 3.49. The molecule has 0 atom stereocenters. The van der Waals surface area contributed by atoms with Gasteiger partial charge < -0.3 is 14.4 Å². The van der Waals surface area contributed by atoms with Crippen LogP contribution < -0.4 is 10.3 Å². The van der Waals surface area contributed by atoms with Gasteiger partial charge in [0.2, 0.25) is 0 Å². The van der Waals surface area contributed by atoms with Gasteiger partial charge in [0.25, 0.3) is 5.56 Å². The van der Waals surface area contributed by atoms with Crippen molar-refractivity contribution in [2.75, 3.05) is 20.2 Å². The fraction of sp³-hybridized carbons (Fsp3) is 0.318. The van der Waals surface area contributed by atoms with Crippen LogP contribution in [-0.2, 0) is 19.7 Å². The standard InChI is InChI=1S/C22H23BrF2N4O3/c1-14-7-20(32-13-15-3-4-16(24)8-19(15)25)21(23)22(31)29(14)12-18-10-26-17(9-27-18)11-28(2)5-6-30/h3-4,7-10,30H,5-6,11-13H2,1-2H3. The molecule has 2 heterocycles. The number of nitrogens with zero attached hydrogens (tertiary/aromatic N) is 4. The van der Waals surface area contributed by atoms with Crippen molar-refractivity contribution < 1.29 is 18.6 Å². The van der Waals surface area contributed by atoms with Gasteiger partial charge in [-0.1, -0.05) is 0 Å². The quantitative estimate of drug-likeness (QED) is 0.478. The largest absolute Gasteiger partial charge is 0.487 e. The molecule has 3 rings (SSSR count). The van der Waals surface area contributed by atoms with E-state index in [4.69, 9.17) is 9.84 Å². The second-order valence-electron chi connectivity index (χ2n) is 7.34. The molecule has 10 heteroatoms. The zero-order chi connectivity index (χ0) is 23.3. The van der Waals surface area contributed by atoms with Crippen molar-refractivity contribution in [2.45, 2.75) is 26.6 Å². The SMILES string of the molecule is Cc1cc(OCc2ccc(F)cc2F)c(Br)c(=O)n1Cc1cnc(CN(C)CCO)cn1. The van der Waals surface area contributed by atoms with Crippen molar-refractivity contribution >= 4 is 15.9 Å². The maximum Gasteiger partial charge on any atom is 0.269 e. The molecule has 0 unspecified atom stereocenters. The molecular formula is C22H23BrF2N4O3. The molecule has 0 bridgehead atoms. The lowest BCUT2D eigenvalue weighted by Crippen LogP contribution is -2.25. The third-order valence-corrected chi connectivity index (χ3v) is 5.54. The summed E-state index contributed by atoms with van der Waals surface area (Å²) in [5.74, 6) is -1.12. The van der Waals surface area contributed by atoms with E-state index >= 15 is 0 Å². The third kappa shape index (κ3) is 5.96. The molecule has 1 N–H and O–H groups in total. The first-order valence-electron chi connectivity index (χ1n) is 9.84. The van der Waals surface area contributed by atoms with E-state index in [1.807, 2.05) is 11.9 Å². The van der Waals surface area contributed by atoms with Gasteiger partial charge >= 0.3 is 0 Å². The lowest BCUT2D eigenvalue weighted by molar-refractivity contribution is 0.216. The average Bonchev–Trinajstić information content (AvgIpc) is 2.75. The zero-order valence-corrected chi connectivity index (χ0v) is 19.3. The van der Waals surface area contributed by atoms with Gasteiger partial charge in [0.1, 0.15) is 28.5 Å². The number of aliphatic hydroxyl groups is 1. The first kappa shape index (κ1) is 24.0. The summed E-state index contributed by atoms with van der Waals surface area (Å²) in [6.45, 7) is 2.98. The van der Waals surface area contributed by atoms with Gasteiger partial charge in [-0.3, -0.25) is 19.7 Å². The van der Waals surface area contributed by atoms with Gasteiger partial charge in [0.05, 0.1) is 36.9 Å². The number of benzene rings is 1. The number of pyridine rings is 1. The van der Waals surface area contributed by atoms with Crippen molar-refractivity contribution in [2.24, 2.45) is 0 Å². The van der Waals surface area contributed by atoms with Crippen LogP contribution in [0, 0.1) is 18.6 Å². The van der Waals surface area contributed by atoms with Gasteiger partial charge in [-0.05, 0) is 42.0 Å². The predicted molar refractivity (Wildman–Crippen MR) is 118 cm³/mol. The second kappa shape index (κ2) is 10.8. The number of likely N-dealkylation sites (N-methyl/N-ethyl adjacent to an activating group) is 1. The Hall–Kier alpha value is -2.69. The Morgan fingerprint density at radius 1 is 1.19 bits per heavy atom. The summed E-state index contributed by atoms with van der Waals surface area (Å²) in [7, 11) is 1.88. The molecule has 7 nitrogen and oxygen atoms in total. The molecule has 0 radical (unpaired) electrons. The van der Waals surface area contributed by atoms with E-state index in [1.165, 1.54) is 10.6 Å². The van der Waals surface area contributed by atoms with E-state index in [0.29, 0.717) is 24.5 Å². The van der Waals surface area contributed by atoms with E-state index in [9.17, 15) is 13.6 Å². The highest BCUT2D eigenvalue weighted by Gasteiger charge is 2.14. The molecule has 0 saturated heterocycles. The van der Waals surface area contributed by atoms with Crippen LogP contribution in [0.4, 0.5) is 8.78 Å². The number of aliphatic hydroxyl groups excluding tert-OH is 1. The Morgan fingerprint density at radius 3 is 2.56 bits per heavy atom. The van der Waals surface area contributed by atoms with E-state index in [0.717, 1.165) is 17.8 Å². The minimum atomic E-state index is -0.712. The van der Waals surface area contributed by atoms with E-state index < -0.39 is 11.6 Å². The Bertz CT molecular complexity index is 1140. The minimum absolute atomic E-state index is 0.0671. The Labute approximate surface area is 192 Å². The Kier molecular flexibility index (Phi) is 8.05. The molecule has 2 aromatic heterocycles. The van der Waals surface area contributed by atoms with Crippen molar-refractivity contribution in [1.82, 2.24) is 19.4 Å². The summed E-state index contributed by atoms with van der Waals surface area (Å²) in [6, 6.07) is 4.90. The Morgan fingerprint density at radius 2 is 1.91 bits per heavy atom. The summed E-state index contributed by atoms with van der Waals surface area (Å²) >= 11 is 3.26. The molecule has 0 amide bonds. The molecule has 0 saturated carbocycles. The Balaban J connectivity index is 1.73. The van der Waals surface area contributed by atoms with Crippen molar-refractivity contribution in [3.05, 3.63) is 85.8 Å². The summed E-state index contributed by atoms with van der Waals surface area (Å²) < 4.78 is 34.2. The van der Waals surface area contributed by atoms with Crippen molar-refractivity contribution in [1.29, 1.82) is 0 Å². The lowest BCUT2D eigenvalue weighted by atomic mass is 10.2. The van der Waals surface area contributed by atoms with Crippen LogP contribution in [-0.4, -0.2) is 44.7 Å². The predicted octanol–water partition coefficient (Wildman–Crippen LogP) is 3.04. The summed E-state index contributed by atoms with van der Waals surface area (Å²) in [5, 5.41) is 8.98. The molecule has 32 heavy (non-hydrogen) atoms. The van der Waals surface area contributed by atoms with E-state index in [2.05, 4.69) is 25.9 Å². The van der Waals surface area contributed by atoms with Crippen molar-refractivity contribution in [3.8, 4) is 5.75 Å². The lowest BCUT2D eigenvalue weighted by Gasteiger charge is -2.15. The molecule has 0 aliphatic rings. The highest BCUT2D eigenvalue weighted by molar-refractivity contribution is 9.10. The molecule has 3 aromatic rings. The van der Waals surface area contributed by atoms with Crippen LogP contribution in [0.3, 0.4) is 0 Å². The van der Waals surface area contributed by atoms with Crippen LogP contribution in [0.15, 0.2) is 45.9 Å². The number of rotatable bonds is 9. The highest BCUT2D eigenvalue weighted by atomic mass is 79.9. The summed E-state index contributed by atoms with van der Waals surface area (Å²) in [6.07, 6.45) is 3.26. The van der Waals surface area contributed by atoms with Crippen molar-refractivity contribution in [3.63, 3.8) is 0 Å². The van der Waals surface area contributed by atoms with Gasteiger partial charge in [0.15, 0.2) is 0 Å². The van der Waals surface area contributed by atoms with Crippen LogP contribution >= 0.6 is 15.9 Å². The van der Waals surface area contributed by atoms with Gasteiger partial charge in [-0.15, -0.1) is 0 Å². The molecule has 0 aliphatic heterocycles. The molecule has 0 aliphatic carbocycles. The first-order chi connectivity index (χ1) is 15.3. The molecule has 170 valence electrons. The zero-order valence-electron chi connectivity index (χ0n) is 17.7. The maximum atomic E-state index is 13.8. The smallest absolute Gasteiger partial charge is 0.269 e. The average molecular weight is 509 g/mol. The number of halogens is 3. The van der Waals surface area contributed by atoms with Gasteiger partial charge in [-0.25, -0.2) is 8.78 Å². The monoisotopic (exact) mass is 508 g/mol. The second-order valence-corrected chi connectivity index (χ2v) is 8.13. The number of ether oxygens (including phenoxy) is 1. The molecular weight excluding hydrogens is 486 g/mol. The van der Waals surface area contributed by atoms with E-state index in [1.54, 1.807) is 25.4 Å². The highest BCUT2D eigenvalue weighted by Crippen LogP contribution is 2.24. The van der Waals surface area contributed by atoms with Crippen LogP contribution in [0.2, 0.25) is 0 Å². The number of aromatic nitrogens is 3. The molecule has 1 aromatic carbocycles. The first-order valence-corrected chi connectivity index (χ1v) is 10.6. The number of aryl methyl sites for hydroxylation is 1. The number of hydrogen-bond acceptors (Lipinski definition) is 6. The minimum Gasteiger partial charge on any atom is -0.487 e. The summed E-state index contributed by atoms with van der Waals surface area (Å²) in [4.78, 5) is 23.5. The summed E-state index contributed by atoms with van der Waals surface area (Å²) in [5.41, 5.74) is 1.85. The molecule has 0 spiro atoms. The van der Waals surface area contributed by atoms with Crippen LogP contribution in [0.25, 0.3) is 0 Å².